The van der Waals surface area contributed by atoms with E-state index in [2.05, 4.69) is 10.6 Å². The lowest BCUT2D eigenvalue weighted by Gasteiger charge is -2.26. The average Bonchev–Trinajstić information content (AvgIpc) is 2.54. The second-order valence-electron chi connectivity index (χ2n) is 3.98. The number of carbonyl (C=O) groups excluding carboxylic acids is 1. The lowest BCUT2D eigenvalue weighted by atomic mass is 9.97. The third-order valence-electron chi connectivity index (χ3n) is 2.75. The van der Waals surface area contributed by atoms with Gasteiger partial charge >= 0.3 is 6.03 Å². The van der Waals surface area contributed by atoms with Gasteiger partial charge < -0.3 is 20.5 Å². The molecule has 1 rings (SSSR count). The van der Waals surface area contributed by atoms with Crippen molar-refractivity contribution in [1.82, 2.24) is 10.6 Å². The minimum absolute atomic E-state index is 0.219. The first-order chi connectivity index (χ1) is 7.08. The van der Waals surface area contributed by atoms with E-state index >= 15 is 0 Å². The monoisotopic (exact) mass is 216 g/mol. The Morgan fingerprint density at radius 2 is 2.33 bits per heavy atom. The third kappa shape index (κ3) is 3.35. The summed E-state index contributed by atoms with van der Waals surface area (Å²) < 4.78 is 5.26. The van der Waals surface area contributed by atoms with Crippen LogP contribution < -0.4 is 10.6 Å². The van der Waals surface area contributed by atoms with Crippen molar-refractivity contribution < 1.29 is 14.6 Å². The zero-order valence-corrected chi connectivity index (χ0v) is 9.38. The minimum Gasteiger partial charge on any atom is -0.385 e. The summed E-state index contributed by atoms with van der Waals surface area (Å²) in [6, 6.07) is -0.232. The van der Waals surface area contributed by atoms with Crippen LogP contribution in [0.3, 0.4) is 0 Å². The number of amides is 2. The molecule has 5 heteroatoms. The molecule has 0 spiro atoms. The van der Waals surface area contributed by atoms with E-state index in [1.54, 1.807) is 0 Å². The summed E-state index contributed by atoms with van der Waals surface area (Å²) >= 11 is 0. The van der Waals surface area contributed by atoms with E-state index < -0.39 is 5.60 Å². The fraction of sp³-hybridized carbons (Fsp3) is 0.900. The maximum Gasteiger partial charge on any atom is 0.314 e. The molecule has 5 nitrogen and oxygen atoms in total. The van der Waals surface area contributed by atoms with Gasteiger partial charge in [0.1, 0.15) is 5.60 Å². The predicted molar refractivity (Wildman–Crippen MR) is 56.7 cm³/mol. The van der Waals surface area contributed by atoms with Gasteiger partial charge in [-0.05, 0) is 13.3 Å². The molecule has 2 atom stereocenters. The molecule has 0 aliphatic carbocycles. The van der Waals surface area contributed by atoms with Gasteiger partial charge in [0.15, 0.2) is 0 Å². The van der Waals surface area contributed by atoms with Crippen LogP contribution in [-0.2, 0) is 4.74 Å². The molecule has 1 aliphatic rings. The zero-order valence-electron chi connectivity index (χ0n) is 9.38. The molecule has 0 saturated carbocycles. The Hall–Kier alpha value is -0.810. The summed E-state index contributed by atoms with van der Waals surface area (Å²) in [5.41, 5.74) is -0.913. The van der Waals surface area contributed by atoms with Crippen LogP contribution in [0.5, 0.6) is 0 Å². The van der Waals surface area contributed by atoms with Gasteiger partial charge in [-0.3, -0.25) is 0 Å². The fourth-order valence-corrected chi connectivity index (χ4v) is 1.54. The highest BCUT2D eigenvalue weighted by Gasteiger charge is 2.39. The van der Waals surface area contributed by atoms with E-state index in [9.17, 15) is 9.90 Å². The van der Waals surface area contributed by atoms with Crippen LogP contribution >= 0.6 is 0 Å². The highest BCUT2D eigenvalue weighted by atomic mass is 16.5. The highest BCUT2D eigenvalue weighted by Crippen LogP contribution is 2.24. The van der Waals surface area contributed by atoms with E-state index in [0.29, 0.717) is 19.6 Å². The van der Waals surface area contributed by atoms with Crippen molar-refractivity contribution >= 4 is 6.03 Å². The van der Waals surface area contributed by atoms with Gasteiger partial charge in [0, 0.05) is 19.6 Å². The number of aliphatic hydroxyl groups is 1. The molecule has 1 heterocycles. The summed E-state index contributed by atoms with van der Waals surface area (Å²) in [7, 11) is 0. The van der Waals surface area contributed by atoms with Crippen LogP contribution in [-0.4, -0.2) is 42.5 Å². The van der Waals surface area contributed by atoms with Crippen molar-refractivity contribution in [3.63, 3.8) is 0 Å². The van der Waals surface area contributed by atoms with Crippen molar-refractivity contribution in [2.45, 2.75) is 38.4 Å². The maximum absolute atomic E-state index is 11.2. The average molecular weight is 216 g/mol. The van der Waals surface area contributed by atoms with Crippen LogP contribution in [0.25, 0.3) is 0 Å². The first-order valence-electron chi connectivity index (χ1n) is 5.44. The number of rotatable bonds is 4. The van der Waals surface area contributed by atoms with E-state index in [1.165, 1.54) is 0 Å². The third-order valence-corrected chi connectivity index (χ3v) is 2.75. The zero-order chi connectivity index (χ0) is 11.3. The number of ether oxygens (including phenoxy) is 1. The Bertz CT molecular complexity index is 223. The summed E-state index contributed by atoms with van der Waals surface area (Å²) in [5.74, 6) is 0. The van der Waals surface area contributed by atoms with Gasteiger partial charge in [0.05, 0.1) is 12.6 Å². The number of carbonyl (C=O) groups is 1. The largest absolute Gasteiger partial charge is 0.385 e. The lowest BCUT2D eigenvalue weighted by molar-refractivity contribution is -0.0243. The second kappa shape index (κ2) is 5.32. The molecular formula is C10H20N2O3. The van der Waals surface area contributed by atoms with Crippen molar-refractivity contribution in [1.29, 1.82) is 0 Å². The Balaban J connectivity index is 2.26. The molecule has 3 N–H and O–H groups in total. The van der Waals surface area contributed by atoms with E-state index in [4.69, 9.17) is 4.74 Å². The molecule has 1 aliphatic heterocycles. The van der Waals surface area contributed by atoms with Gasteiger partial charge in [-0.2, -0.15) is 0 Å². The van der Waals surface area contributed by atoms with E-state index in [0.717, 1.165) is 6.42 Å². The standard InChI is InChI=1S/C10H20N2O3/c1-3-5-11-9(13)12-7-10(14)4-6-15-8(10)2/h8,14H,3-7H2,1-2H3,(H2,11,12,13). The van der Waals surface area contributed by atoms with Crippen molar-refractivity contribution in [2.24, 2.45) is 0 Å². The van der Waals surface area contributed by atoms with Crippen LogP contribution in [0.2, 0.25) is 0 Å². The van der Waals surface area contributed by atoms with Gasteiger partial charge in [-0.25, -0.2) is 4.79 Å². The molecule has 15 heavy (non-hydrogen) atoms. The molecule has 0 aromatic heterocycles. The highest BCUT2D eigenvalue weighted by molar-refractivity contribution is 5.73. The SMILES string of the molecule is CCCNC(=O)NCC1(O)CCOC1C. The number of urea groups is 1. The molecule has 88 valence electrons. The molecule has 0 aromatic rings. The van der Waals surface area contributed by atoms with Gasteiger partial charge in [0.25, 0.3) is 0 Å². The Labute approximate surface area is 90.2 Å². The quantitative estimate of drug-likeness (QED) is 0.630. The molecule has 0 bridgehead atoms. The van der Waals surface area contributed by atoms with Crippen molar-refractivity contribution in [3.05, 3.63) is 0 Å². The summed E-state index contributed by atoms with van der Waals surface area (Å²) in [6.07, 6.45) is 1.25. The van der Waals surface area contributed by atoms with Crippen molar-refractivity contribution in [2.75, 3.05) is 19.7 Å². The molecule has 1 fully saturated rings. The molecule has 0 radical (unpaired) electrons. The number of nitrogens with one attached hydrogen (secondary N) is 2. The maximum atomic E-state index is 11.2. The van der Waals surface area contributed by atoms with Crippen LogP contribution in [0.4, 0.5) is 4.79 Å². The number of hydrogen-bond donors (Lipinski definition) is 3. The molecule has 1 saturated heterocycles. The first kappa shape index (κ1) is 12.3. The van der Waals surface area contributed by atoms with Crippen LogP contribution in [0, 0.1) is 0 Å². The van der Waals surface area contributed by atoms with E-state index in [-0.39, 0.29) is 18.7 Å². The van der Waals surface area contributed by atoms with Gasteiger partial charge in [-0.15, -0.1) is 0 Å². The van der Waals surface area contributed by atoms with Crippen molar-refractivity contribution in [3.8, 4) is 0 Å². The summed E-state index contributed by atoms with van der Waals surface area (Å²) in [6.45, 7) is 5.25. The minimum atomic E-state index is -0.913. The lowest BCUT2D eigenvalue weighted by Crippen LogP contribution is -2.49. The summed E-state index contributed by atoms with van der Waals surface area (Å²) in [4.78, 5) is 11.2. The Morgan fingerprint density at radius 3 is 2.87 bits per heavy atom. The molecule has 2 amide bonds. The van der Waals surface area contributed by atoms with Crippen LogP contribution in [0.1, 0.15) is 26.7 Å². The summed E-state index contributed by atoms with van der Waals surface area (Å²) in [5, 5.41) is 15.4. The second-order valence-corrected chi connectivity index (χ2v) is 3.98. The van der Waals surface area contributed by atoms with Gasteiger partial charge in [-0.1, -0.05) is 6.92 Å². The van der Waals surface area contributed by atoms with E-state index in [1.807, 2.05) is 13.8 Å². The normalized spacial score (nSPS) is 30.2. The van der Waals surface area contributed by atoms with Gasteiger partial charge in [0.2, 0.25) is 0 Å². The fourth-order valence-electron chi connectivity index (χ4n) is 1.54. The first-order valence-corrected chi connectivity index (χ1v) is 5.44. The molecule has 0 aromatic carbocycles. The van der Waals surface area contributed by atoms with Crippen LogP contribution in [0.15, 0.2) is 0 Å². The topological polar surface area (TPSA) is 70.6 Å². The molecular weight excluding hydrogens is 196 g/mol. The Kier molecular flexibility index (Phi) is 4.35. The number of hydrogen-bond acceptors (Lipinski definition) is 3. The Morgan fingerprint density at radius 1 is 1.60 bits per heavy atom. The molecule has 2 unspecified atom stereocenters. The smallest absolute Gasteiger partial charge is 0.314 e. The predicted octanol–water partition coefficient (Wildman–Crippen LogP) is 0.235.